The van der Waals surface area contributed by atoms with Crippen molar-refractivity contribution in [2.75, 3.05) is 18.4 Å². The molecule has 2 amide bonds. The van der Waals surface area contributed by atoms with E-state index in [4.69, 9.17) is 0 Å². The molecule has 1 aliphatic rings. The highest BCUT2D eigenvalue weighted by atomic mass is 19.1. The standard InChI is InChI=1S/C25H23FN2O2/c26-22-11-7-10-19(15-22)25(30)28-16-20(18-8-3-1-4-9-18)14-21(17-28)24(29)27-23-12-5-2-6-13-23/h1-13,15,20-21H,14,16-17H2,(H,27,29). The van der Waals surface area contributed by atoms with Crippen molar-refractivity contribution in [3.8, 4) is 0 Å². The number of rotatable bonds is 4. The minimum Gasteiger partial charge on any atom is -0.337 e. The second-order valence-corrected chi connectivity index (χ2v) is 7.62. The third kappa shape index (κ3) is 4.57. The summed E-state index contributed by atoms with van der Waals surface area (Å²) in [6, 6.07) is 24.9. The van der Waals surface area contributed by atoms with E-state index in [1.807, 2.05) is 60.7 Å². The molecule has 2 atom stereocenters. The van der Waals surface area contributed by atoms with Gasteiger partial charge in [0.15, 0.2) is 0 Å². The fraction of sp³-hybridized carbons (Fsp3) is 0.200. The molecule has 0 aliphatic carbocycles. The molecule has 1 saturated heterocycles. The average molecular weight is 402 g/mol. The van der Waals surface area contributed by atoms with Crippen LogP contribution in [0.3, 0.4) is 0 Å². The maximum atomic E-state index is 13.6. The van der Waals surface area contributed by atoms with Crippen molar-refractivity contribution in [3.05, 3.63) is 102 Å². The molecule has 1 N–H and O–H groups in total. The summed E-state index contributed by atoms with van der Waals surface area (Å²) in [7, 11) is 0. The van der Waals surface area contributed by atoms with Crippen LogP contribution < -0.4 is 5.32 Å². The second-order valence-electron chi connectivity index (χ2n) is 7.62. The average Bonchev–Trinajstić information content (AvgIpc) is 2.79. The predicted octanol–water partition coefficient (Wildman–Crippen LogP) is 4.71. The van der Waals surface area contributed by atoms with Gasteiger partial charge in [-0.05, 0) is 42.3 Å². The number of nitrogens with one attached hydrogen (secondary N) is 1. The molecular weight excluding hydrogens is 379 g/mol. The molecule has 5 heteroatoms. The van der Waals surface area contributed by atoms with E-state index in [9.17, 15) is 14.0 Å². The number of carbonyl (C=O) groups excluding carboxylic acids is 2. The molecule has 30 heavy (non-hydrogen) atoms. The maximum absolute atomic E-state index is 13.6. The minimum absolute atomic E-state index is 0.0315. The molecule has 152 valence electrons. The predicted molar refractivity (Wildman–Crippen MR) is 115 cm³/mol. The third-order valence-corrected chi connectivity index (χ3v) is 5.49. The first-order valence-electron chi connectivity index (χ1n) is 10.1. The molecule has 0 bridgehead atoms. The van der Waals surface area contributed by atoms with Crippen LogP contribution in [-0.2, 0) is 4.79 Å². The molecule has 0 saturated carbocycles. The van der Waals surface area contributed by atoms with Gasteiger partial charge >= 0.3 is 0 Å². The molecule has 1 fully saturated rings. The quantitative estimate of drug-likeness (QED) is 0.687. The van der Waals surface area contributed by atoms with Crippen molar-refractivity contribution < 1.29 is 14.0 Å². The molecular formula is C25H23FN2O2. The van der Waals surface area contributed by atoms with Gasteiger partial charge in [0.2, 0.25) is 5.91 Å². The molecule has 4 rings (SSSR count). The second kappa shape index (κ2) is 8.91. The Balaban J connectivity index is 1.58. The molecule has 2 unspecified atom stereocenters. The van der Waals surface area contributed by atoms with E-state index in [-0.39, 0.29) is 23.7 Å². The highest BCUT2D eigenvalue weighted by Gasteiger charge is 2.35. The number of piperidine rings is 1. The summed E-state index contributed by atoms with van der Waals surface area (Å²) in [4.78, 5) is 27.7. The van der Waals surface area contributed by atoms with E-state index in [1.165, 1.54) is 18.2 Å². The lowest BCUT2D eigenvalue weighted by Gasteiger charge is -2.37. The van der Waals surface area contributed by atoms with Crippen LogP contribution in [0.2, 0.25) is 0 Å². The number of likely N-dealkylation sites (tertiary alicyclic amines) is 1. The van der Waals surface area contributed by atoms with E-state index in [2.05, 4.69) is 5.32 Å². The number of para-hydroxylation sites is 1. The van der Waals surface area contributed by atoms with Gasteiger partial charge in [-0.15, -0.1) is 0 Å². The molecule has 3 aromatic rings. The number of carbonyl (C=O) groups is 2. The van der Waals surface area contributed by atoms with Crippen molar-refractivity contribution >= 4 is 17.5 Å². The summed E-state index contributed by atoms with van der Waals surface area (Å²) in [5.41, 5.74) is 2.12. The molecule has 4 nitrogen and oxygen atoms in total. The van der Waals surface area contributed by atoms with Gasteiger partial charge in [-0.1, -0.05) is 54.6 Å². The zero-order valence-electron chi connectivity index (χ0n) is 16.5. The van der Waals surface area contributed by atoms with E-state index >= 15 is 0 Å². The van der Waals surface area contributed by atoms with Crippen molar-refractivity contribution in [1.82, 2.24) is 4.90 Å². The van der Waals surface area contributed by atoms with Crippen LogP contribution in [0, 0.1) is 11.7 Å². The third-order valence-electron chi connectivity index (χ3n) is 5.49. The van der Waals surface area contributed by atoms with E-state index in [0.717, 1.165) is 11.3 Å². The Morgan fingerprint density at radius 3 is 2.27 bits per heavy atom. The summed E-state index contributed by atoms with van der Waals surface area (Å²) in [6.07, 6.45) is 0.648. The van der Waals surface area contributed by atoms with Crippen LogP contribution in [0.4, 0.5) is 10.1 Å². The van der Waals surface area contributed by atoms with Crippen molar-refractivity contribution in [3.63, 3.8) is 0 Å². The summed E-state index contributed by atoms with van der Waals surface area (Å²) >= 11 is 0. The lowest BCUT2D eigenvalue weighted by atomic mass is 9.83. The van der Waals surface area contributed by atoms with Gasteiger partial charge in [-0.2, -0.15) is 0 Å². The van der Waals surface area contributed by atoms with Gasteiger partial charge in [0, 0.05) is 30.3 Å². The Morgan fingerprint density at radius 1 is 0.867 bits per heavy atom. The number of amides is 2. The molecule has 0 spiro atoms. The van der Waals surface area contributed by atoms with Gasteiger partial charge in [-0.25, -0.2) is 4.39 Å². The first kappa shape index (κ1) is 19.8. The SMILES string of the molecule is O=C(Nc1ccccc1)C1CC(c2ccccc2)CN(C(=O)c2cccc(F)c2)C1. The molecule has 0 aromatic heterocycles. The lowest BCUT2D eigenvalue weighted by molar-refractivity contribution is -0.121. The van der Waals surface area contributed by atoms with Crippen LogP contribution in [0.1, 0.15) is 28.3 Å². The Kier molecular flexibility index (Phi) is 5.89. The molecule has 1 heterocycles. The fourth-order valence-corrected chi connectivity index (χ4v) is 3.99. The first-order chi connectivity index (χ1) is 14.6. The topological polar surface area (TPSA) is 49.4 Å². The summed E-state index contributed by atoms with van der Waals surface area (Å²) in [5.74, 6) is -1.15. The van der Waals surface area contributed by atoms with E-state index < -0.39 is 5.82 Å². The monoisotopic (exact) mass is 402 g/mol. The van der Waals surface area contributed by atoms with Crippen molar-refractivity contribution in [2.24, 2.45) is 5.92 Å². The van der Waals surface area contributed by atoms with Crippen LogP contribution in [0.5, 0.6) is 0 Å². The Labute approximate surface area is 175 Å². The van der Waals surface area contributed by atoms with Gasteiger partial charge in [0.25, 0.3) is 5.91 Å². The van der Waals surface area contributed by atoms with Gasteiger partial charge in [0.1, 0.15) is 5.82 Å². The zero-order chi connectivity index (χ0) is 20.9. The number of benzene rings is 3. The highest BCUT2D eigenvalue weighted by molar-refractivity contribution is 5.96. The van der Waals surface area contributed by atoms with Crippen LogP contribution in [0.15, 0.2) is 84.9 Å². The van der Waals surface area contributed by atoms with E-state index in [0.29, 0.717) is 25.1 Å². The number of hydrogen-bond acceptors (Lipinski definition) is 2. The molecule has 1 aliphatic heterocycles. The lowest BCUT2D eigenvalue weighted by Crippen LogP contribution is -2.46. The number of hydrogen-bond donors (Lipinski definition) is 1. The fourth-order valence-electron chi connectivity index (χ4n) is 3.99. The Hall–Kier alpha value is -3.47. The highest BCUT2D eigenvalue weighted by Crippen LogP contribution is 2.32. The van der Waals surface area contributed by atoms with Crippen molar-refractivity contribution in [2.45, 2.75) is 12.3 Å². The molecule has 3 aromatic carbocycles. The first-order valence-corrected chi connectivity index (χ1v) is 10.1. The van der Waals surface area contributed by atoms with Gasteiger partial charge in [0.05, 0.1) is 5.92 Å². The van der Waals surface area contributed by atoms with Crippen LogP contribution in [-0.4, -0.2) is 29.8 Å². The zero-order valence-corrected chi connectivity index (χ0v) is 16.5. The van der Waals surface area contributed by atoms with Gasteiger partial charge in [-0.3, -0.25) is 9.59 Å². The normalized spacial score (nSPS) is 18.6. The molecule has 0 radical (unpaired) electrons. The number of anilines is 1. The Morgan fingerprint density at radius 2 is 1.57 bits per heavy atom. The van der Waals surface area contributed by atoms with Gasteiger partial charge < -0.3 is 10.2 Å². The largest absolute Gasteiger partial charge is 0.337 e. The number of nitrogens with zero attached hydrogens (tertiary/aromatic N) is 1. The number of halogens is 1. The van der Waals surface area contributed by atoms with E-state index in [1.54, 1.807) is 11.0 Å². The summed E-state index contributed by atoms with van der Waals surface area (Å²) < 4.78 is 13.6. The Bertz CT molecular complexity index is 1020. The smallest absolute Gasteiger partial charge is 0.253 e. The summed E-state index contributed by atoms with van der Waals surface area (Å²) in [5, 5.41) is 2.96. The van der Waals surface area contributed by atoms with Crippen molar-refractivity contribution in [1.29, 1.82) is 0 Å². The van der Waals surface area contributed by atoms with Crippen LogP contribution >= 0.6 is 0 Å². The van der Waals surface area contributed by atoms with Crippen LogP contribution in [0.25, 0.3) is 0 Å². The minimum atomic E-state index is -0.448. The maximum Gasteiger partial charge on any atom is 0.253 e. The summed E-state index contributed by atoms with van der Waals surface area (Å²) in [6.45, 7) is 0.797.